The molecule has 0 saturated carbocycles. The summed E-state index contributed by atoms with van der Waals surface area (Å²) in [5.41, 5.74) is 6.48. The van der Waals surface area contributed by atoms with E-state index < -0.39 is 17.6 Å². The van der Waals surface area contributed by atoms with Gasteiger partial charge in [-0.15, -0.1) is 0 Å². The molecular formula is C16H14BrCl2N3O3. The number of rotatable bonds is 4. The van der Waals surface area contributed by atoms with Crippen LogP contribution in [0.2, 0.25) is 0 Å². The van der Waals surface area contributed by atoms with E-state index >= 15 is 0 Å². The second kappa shape index (κ2) is 6.99. The molecule has 0 fully saturated rings. The molecule has 1 aromatic carbocycles. The highest BCUT2D eigenvalue weighted by molar-refractivity contribution is 9.10. The first-order valence-corrected chi connectivity index (χ1v) is 8.89. The van der Waals surface area contributed by atoms with Gasteiger partial charge in [-0.3, -0.25) is 0 Å². The molecule has 25 heavy (non-hydrogen) atoms. The Bertz CT molecular complexity index is 825. The SMILES string of the molecule is NC1(Cc2ccccc2Br)C=C(C2CC(Cl)=NO2)NC(C(=O)O)=C1Cl. The predicted molar refractivity (Wildman–Crippen MR) is 99.3 cm³/mol. The van der Waals surface area contributed by atoms with E-state index in [-0.39, 0.29) is 10.7 Å². The van der Waals surface area contributed by atoms with Crippen LogP contribution in [-0.2, 0) is 16.1 Å². The summed E-state index contributed by atoms with van der Waals surface area (Å²) in [7, 11) is 0. The lowest BCUT2D eigenvalue weighted by Crippen LogP contribution is -2.48. The van der Waals surface area contributed by atoms with E-state index in [2.05, 4.69) is 26.4 Å². The number of hydrogen-bond donors (Lipinski definition) is 3. The van der Waals surface area contributed by atoms with Crippen LogP contribution in [0.4, 0.5) is 0 Å². The minimum Gasteiger partial charge on any atom is -0.477 e. The van der Waals surface area contributed by atoms with E-state index in [4.69, 9.17) is 33.8 Å². The van der Waals surface area contributed by atoms with Crippen LogP contribution in [-0.4, -0.2) is 27.9 Å². The summed E-state index contributed by atoms with van der Waals surface area (Å²) in [6, 6.07) is 7.53. The topological polar surface area (TPSA) is 96.9 Å². The second-order valence-electron chi connectivity index (χ2n) is 5.79. The van der Waals surface area contributed by atoms with Crippen molar-refractivity contribution in [2.45, 2.75) is 24.5 Å². The number of aliphatic carboxylic acids is 1. The first-order chi connectivity index (χ1) is 11.8. The highest BCUT2D eigenvalue weighted by atomic mass is 79.9. The van der Waals surface area contributed by atoms with Crippen LogP contribution in [0, 0.1) is 0 Å². The third kappa shape index (κ3) is 3.69. The van der Waals surface area contributed by atoms with Crippen molar-refractivity contribution in [2.75, 3.05) is 0 Å². The van der Waals surface area contributed by atoms with E-state index in [0.29, 0.717) is 23.7 Å². The molecule has 2 atom stereocenters. The molecule has 0 bridgehead atoms. The Morgan fingerprint density at radius 1 is 1.48 bits per heavy atom. The fourth-order valence-electron chi connectivity index (χ4n) is 2.73. The summed E-state index contributed by atoms with van der Waals surface area (Å²) < 4.78 is 0.859. The van der Waals surface area contributed by atoms with Crippen LogP contribution in [0.5, 0.6) is 0 Å². The minimum absolute atomic E-state index is 0.0181. The Balaban J connectivity index is 2.00. The van der Waals surface area contributed by atoms with Gasteiger partial charge in [-0.1, -0.05) is 62.5 Å². The number of halogens is 3. The Morgan fingerprint density at radius 3 is 2.80 bits per heavy atom. The maximum Gasteiger partial charge on any atom is 0.353 e. The maximum atomic E-state index is 11.6. The van der Waals surface area contributed by atoms with Crippen LogP contribution in [0.25, 0.3) is 0 Å². The zero-order valence-corrected chi connectivity index (χ0v) is 15.9. The molecule has 0 saturated heterocycles. The van der Waals surface area contributed by atoms with Gasteiger partial charge in [0.1, 0.15) is 10.9 Å². The van der Waals surface area contributed by atoms with Crippen molar-refractivity contribution < 1.29 is 14.7 Å². The number of nitrogens with zero attached hydrogens (tertiary/aromatic N) is 1. The molecule has 0 aliphatic carbocycles. The summed E-state index contributed by atoms with van der Waals surface area (Å²) in [4.78, 5) is 16.8. The fraction of sp³-hybridized carbons (Fsp3) is 0.250. The van der Waals surface area contributed by atoms with E-state index in [0.717, 1.165) is 10.0 Å². The molecule has 0 aromatic heterocycles. The van der Waals surface area contributed by atoms with Gasteiger partial charge in [0.05, 0.1) is 16.3 Å². The first kappa shape index (κ1) is 18.3. The van der Waals surface area contributed by atoms with Gasteiger partial charge in [0.25, 0.3) is 0 Å². The monoisotopic (exact) mass is 445 g/mol. The lowest BCUT2D eigenvalue weighted by atomic mass is 9.86. The molecule has 1 aromatic rings. The van der Waals surface area contributed by atoms with Gasteiger partial charge in [-0.25, -0.2) is 4.79 Å². The average Bonchev–Trinajstić information content (AvgIpc) is 2.98. The lowest BCUT2D eigenvalue weighted by molar-refractivity contribution is -0.133. The number of benzene rings is 1. The van der Waals surface area contributed by atoms with Crippen LogP contribution >= 0.6 is 39.1 Å². The molecule has 132 valence electrons. The smallest absolute Gasteiger partial charge is 0.353 e. The summed E-state index contributed by atoms with van der Waals surface area (Å²) in [6.07, 6.45) is 1.78. The number of nitrogens with two attached hydrogens (primary N) is 1. The van der Waals surface area contributed by atoms with E-state index in [9.17, 15) is 9.90 Å². The number of nitrogens with one attached hydrogen (secondary N) is 1. The Kier molecular flexibility index (Phi) is 5.11. The molecule has 0 radical (unpaired) electrons. The number of dihydropyridines is 1. The van der Waals surface area contributed by atoms with Gasteiger partial charge in [0.15, 0.2) is 6.10 Å². The molecule has 6 nitrogen and oxygen atoms in total. The molecule has 2 heterocycles. The standard InChI is InChI=1S/C16H14BrCl2N3O3/c17-9-4-2-1-3-8(9)6-16(20)7-10(11-5-12(18)22-25-11)21-13(14(16)19)15(23)24/h1-4,7,11,21H,5-6,20H2,(H,23,24). The van der Waals surface area contributed by atoms with Crippen molar-refractivity contribution in [1.82, 2.24) is 5.32 Å². The van der Waals surface area contributed by atoms with Crippen molar-refractivity contribution >= 4 is 50.3 Å². The largest absolute Gasteiger partial charge is 0.477 e. The van der Waals surface area contributed by atoms with E-state index in [1.807, 2.05) is 24.3 Å². The zero-order valence-electron chi connectivity index (χ0n) is 12.8. The van der Waals surface area contributed by atoms with Gasteiger partial charge in [0.2, 0.25) is 0 Å². The number of carbonyl (C=O) groups is 1. The number of carboxylic acids is 1. The Morgan fingerprint density at radius 2 is 2.20 bits per heavy atom. The summed E-state index contributed by atoms with van der Waals surface area (Å²) in [5.74, 6) is -1.21. The Labute approximate surface area is 162 Å². The van der Waals surface area contributed by atoms with Crippen molar-refractivity contribution in [1.29, 1.82) is 0 Å². The molecular weight excluding hydrogens is 433 g/mol. The number of oxime groups is 1. The summed E-state index contributed by atoms with van der Waals surface area (Å²) in [6.45, 7) is 0. The molecule has 9 heteroatoms. The quantitative estimate of drug-likeness (QED) is 0.660. The Hall–Kier alpha value is -1.54. The molecule has 4 N–H and O–H groups in total. The highest BCUT2D eigenvalue weighted by Crippen LogP contribution is 2.35. The molecule has 2 unspecified atom stereocenters. The first-order valence-electron chi connectivity index (χ1n) is 7.34. The second-order valence-corrected chi connectivity index (χ2v) is 7.46. The minimum atomic E-state index is -1.21. The molecule has 3 rings (SSSR count). The zero-order chi connectivity index (χ0) is 18.2. The van der Waals surface area contributed by atoms with Gasteiger partial charge in [-0.2, -0.15) is 0 Å². The third-order valence-corrected chi connectivity index (χ3v) is 5.48. The van der Waals surface area contributed by atoms with Crippen LogP contribution in [0.15, 0.2) is 56.4 Å². The van der Waals surface area contributed by atoms with E-state index in [1.165, 1.54) is 0 Å². The lowest BCUT2D eigenvalue weighted by Gasteiger charge is -2.34. The van der Waals surface area contributed by atoms with E-state index in [1.54, 1.807) is 6.08 Å². The van der Waals surface area contributed by atoms with Gasteiger partial charge in [-0.05, 0) is 17.7 Å². The highest BCUT2D eigenvalue weighted by Gasteiger charge is 2.39. The molecule has 0 spiro atoms. The van der Waals surface area contributed by atoms with Crippen molar-refractivity contribution in [3.63, 3.8) is 0 Å². The van der Waals surface area contributed by atoms with Crippen molar-refractivity contribution in [3.8, 4) is 0 Å². The fourth-order valence-corrected chi connectivity index (χ4v) is 3.58. The van der Waals surface area contributed by atoms with Crippen molar-refractivity contribution in [2.24, 2.45) is 10.9 Å². The van der Waals surface area contributed by atoms with Crippen LogP contribution < -0.4 is 11.1 Å². The molecule has 2 aliphatic heterocycles. The average molecular weight is 447 g/mol. The predicted octanol–water partition coefficient (Wildman–Crippen LogP) is 3.05. The van der Waals surface area contributed by atoms with Gasteiger partial charge in [0, 0.05) is 17.3 Å². The summed E-state index contributed by atoms with van der Waals surface area (Å²) in [5, 5.41) is 16.3. The normalized spacial score (nSPS) is 25.8. The molecule has 2 aliphatic rings. The number of hydrogen-bond acceptors (Lipinski definition) is 5. The molecule has 0 amide bonds. The van der Waals surface area contributed by atoms with Gasteiger partial charge < -0.3 is 21.0 Å². The third-order valence-electron chi connectivity index (χ3n) is 3.94. The van der Waals surface area contributed by atoms with Gasteiger partial charge >= 0.3 is 5.97 Å². The summed E-state index contributed by atoms with van der Waals surface area (Å²) >= 11 is 15.7. The maximum absolute atomic E-state index is 11.6. The number of carboxylic acid groups (broad SMARTS) is 1. The van der Waals surface area contributed by atoms with Crippen LogP contribution in [0.1, 0.15) is 12.0 Å². The van der Waals surface area contributed by atoms with Crippen molar-refractivity contribution in [3.05, 3.63) is 56.8 Å². The van der Waals surface area contributed by atoms with Crippen LogP contribution in [0.3, 0.4) is 0 Å².